The number of aliphatic hydroxyl groups is 2. The van der Waals surface area contributed by atoms with E-state index >= 15 is 0 Å². The fraction of sp³-hybridized carbons (Fsp3) is 0.290. The van der Waals surface area contributed by atoms with Gasteiger partial charge in [-0.1, -0.05) is 60.7 Å². The van der Waals surface area contributed by atoms with Crippen molar-refractivity contribution in [1.29, 1.82) is 0 Å². The Hall–Kier alpha value is -4.01. The number of fused-ring (bicyclic) bond motifs is 3. The number of hydrogen-bond acceptors (Lipinski definition) is 5. The first-order valence-electron chi connectivity index (χ1n) is 13.1. The lowest BCUT2D eigenvalue weighted by atomic mass is 9.77. The maximum Gasteiger partial charge on any atom is 0.247 e. The number of amides is 2. The molecule has 1 aliphatic heterocycles. The van der Waals surface area contributed by atoms with Crippen LogP contribution in [-0.2, 0) is 22.4 Å². The summed E-state index contributed by atoms with van der Waals surface area (Å²) in [4.78, 5) is 28.6. The van der Waals surface area contributed by atoms with Crippen LogP contribution < -0.4 is 10.1 Å². The van der Waals surface area contributed by atoms with Gasteiger partial charge in [0.25, 0.3) is 0 Å². The summed E-state index contributed by atoms with van der Waals surface area (Å²) >= 11 is 0. The number of para-hydroxylation sites is 1. The highest BCUT2D eigenvalue weighted by molar-refractivity contribution is 5.96. The molecule has 1 heterocycles. The van der Waals surface area contributed by atoms with E-state index in [1.54, 1.807) is 29.2 Å². The van der Waals surface area contributed by atoms with Gasteiger partial charge >= 0.3 is 0 Å². The molecule has 0 bridgehead atoms. The highest BCUT2D eigenvalue weighted by atomic mass is 19.1. The van der Waals surface area contributed by atoms with Gasteiger partial charge in [0.2, 0.25) is 11.8 Å². The molecule has 4 atom stereocenters. The molecule has 0 saturated heterocycles. The van der Waals surface area contributed by atoms with Gasteiger partial charge in [0.05, 0.1) is 25.0 Å². The Labute approximate surface area is 226 Å². The molecule has 3 N–H and O–H groups in total. The van der Waals surface area contributed by atoms with Crippen molar-refractivity contribution in [2.24, 2.45) is 0 Å². The second-order valence-corrected chi connectivity index (χ2v) is 9.81. The van der Waals surface area contributed by atoms with Crippen LogP contribution in [0.5, 0.6) is 5.75 Å². The Morgan fingerprint density at radius 3 is 2.49 bits per heavy atom. The number of halogens is 1. The summed E-state index contributed by atoms with van der Waals surface area (Å²) in [6.07, 6.45) is 0.203. The van der Waals surface area contributed by atoms with Crippen LogP contribution in [0.1, 0.15) is 22.6 Å². The van der Waals surface area contributed by atoms with Gasteiger partial charge in [-0.2, -0.15) is 0 Å². The molecule has 7 nitrogen and oxygen atoms in total. The highest BCUT2D eigenvalue weighted by Crippen LogP contribution is 2.47. The number of carbonyl (C=O) groups excluding carboxylic acids is 2. The molecule has 2 aliphatic rings. The van der Waals surface area contributed by atoms with Gasteiger partial charge in [0.1, 0.15) is 23.8 Å². The standard InChI is InChI=1S/C31H31FN2O5/c32-22-10-6-9-21(17-22)13-15-34(27(36)18-20-7-2-1-3-8-20)25-19-24(31(38)33-14-16-35)28-23-11-4-5-12-26(23)39-30(28)29(25)37/h1-12,17,19,25,28-30,35,37H,13-16,18H2,(H,33,38)/t25-,28+,29+,30+/m1/s1. The van der Waals surface area contributed by atoms with E-state index in [2.05, 4.69) is 5.32 Å². The van der Waals surface area contributed by atoms with Crippen molar-refractivity contribution >= 4 is 11.8 Å². The van der Waals surface area contributed by atoms with E-state index in [4.69, 9.17) is 4.74 Å². The Morgan fingerprint density at radius 2 is 1.72 bits per heavy atom. The molecule has 0 radical (unpaired) electrons. The molecule has 0 unspecified atom stereocenters. The summed E-state index contributed by atoms with van der Waals surface area (Å²) in [7, 11) is 0. The van der Waals surface area contributed by atoms with Gasteiger partial charge in [-0.15, -0.1) is 0 Å². The summed E-state index contributed by atoms with van der Waals surface area (Å²) < 4.78 is 20.0. The van der Waals surface area contributed by atoms with E-state index in [1.165, 1.54) is 12.1 Å². The molecule has 0 fully saturated rings. The van der Waals surface area contributed by atoms with E-state index < -0.39 is 30.1 Å². The van der Waals surface area contributed by atoms with Crippen LogP contribution in [0.2, 0.25) is 0 Å². The SMILES string of the molecule is O=C(NCCO)C1=C[C@@H](N(CCc2cccc(F)c2)C(=O)Cc2ccccc2)[C@H](O)[C@H]2Oc3ccccc3[C@@H]12. The molecule has 0 saturated carbocycles. The molecule has 202 valence electrons. The number of nitrogens with one attached hydrogen (secondary N) is 1. The van der Waals surface area contributed by atoms with Crippen LogP contribution in [0.15, 0.2) is 90.5 Å². The van der Waals surface area contributed by atoms with E-state index in [1.807, 2.05) is 48.5 Å². The number of benzene rings is 3. The zero-order chi connectivity index (χ0) is 27.4. The fourth-order valence-electron chi connectivity index (χ4n) is 5.45. The zero-order valence-electron chi connectivity index (χ0n) is 21.4. The van der Waals surface area contributed by atoms with Crippen LogP contribution in [0.25, 0.3) is 0 Å². The molecule has 0 spiro atoms. The van der Waals surface area contributed by atoms with Crippen molar-refractivity contribution in [3.8, 4) is 5.75 Å². The van der Waals surface area contributed by atoms with E-state index in [0.29, 0.717) is 23.3 Å². The van der Waals surface area contributed by atoms with Crippen molar-refractivity contribution in [3.05, 3.63) is 113 Å². The number of nitrogens with zero attached hydrogens (tertiary/aromatic N) is 1. The Kier molecular flexibility index (Phi) is 8.05. The van der Waals surface area contributed by atoms with Crippen LogP contribution in [-0.4, -0.2) is 64.9 Å². The first kappa shape index (κ1) is 26.6. The monoisotopic (exact) mass is 530 g/mol. The lowest BCUT2D eigenvalue weighted by Crippen LogP contribution is -2.56. The third-order valence-corrected chi connectivity index (χ3v) is 7.29. The van der Waals surface area contributed by atoms with Crippen LogP contribution in [0, 0.1) is 5.82 Å². The molecule has 39 heavy (non-hydrogen) atoms. The molecule has 2 amide bonds. The van der Waals surface area contributed by atoms with Crippen LogP contribution in [0.3, 0.4) is 0 Å². The molecule has 3 aromatic rings. The first-order valence-corrected chi connectivity index (χ1v) is 13.1. The van der Waals surface area contributed by atoms with Gasteiger partial charge in [-0.3, -0.25) is 9.59 Å². The molecular weight excluding hydrogens is 499 g/mol. The zero-order valence-corrected chi connectivity index (χ0v) is 21.4. The third kappa shape index (κ3) is 5.72. The molecule has 3 aromatic carbocycles. The van der Waals surface area contributed by atoms with Crippen molar-refractivity contribution < 1.29 is 28.9 Å². The number of rotatable bonds is 9. The summed E-state index contributed by atoms with van der Waals surface area (Å²) in [6, 6.07) is 22.0. The highest BCUT2D eigenvalue weighted by Gasteiger charge is 2.50. The van der Waals surface area contributed by atoms with Crippen molar-refractivity contribution in [3.63, 3.8) is 0 Å². The second kappa shape index (κ2) is 11.8. The maximum atomic E-state index is 13.9. The number of ether oxygens (including phenoxy) is 1. The fourth-order valence-corrected chi connectivity index (χ4v) is 5.45. The average molecular weight is 531 g/mol. The number of carbonyl (C=O) groups is 2. The molecule has 5 rings (SSSR count). The minimum atomic E-state index is -1.12. The quantitative estimate of drug-likeness (QED) is 0.395. The van der Waals surface area contributed by atoms with Crippen molar-refractivity contribution in [2.45, 2.75) is 37.0 Å². The average Bonchev–Trinajstić information content (AvgIpc) is 3.34. The van der Waals surface area contributed by atoms with Crippen LogP contribution in [0.4, 0.5) is 4.39 Å². The van der Waals surface area contributed by atoms with E-state index in [-0.39, 0.29) is 37.8 Å². The van der Waals surface area contributed by atoms with Gasteiger partial charge in [0.15, 0.2) is 0 Å². The Morgan fingerprint density at radius 1 is 0.974 bits per heavy atom. The smallest absolute Gasteiger partial charge is 0.247 e. The van der Waals surface area contributed by atoms with Gasteiger partial charge in [-0.25, -0.2) is 4.39 Å². The van der Waals surface area contributed by atoms with Crippen molar-refractivity contribution in [1.82, 2.24) is 10.2 Å². The Bertz CT molecular complexity index is 1360. The summed E-state index contributed by atoms with van der Waals surface area (Å²) in [5.74, 6) is -0.940. The number of hydrogen-bond donors (Lipinski definition) is 3. The van der Waals surface area contributed by atoms with Gasteiger partial charge in [-0.05, 0) is 41.8 Å². The predicted octanol–water partition coefficient (Wildman–Crippen LogP) is 2.76. The molecule has 1 aliphatic carbocycles. The minimum Gasteiger partial charge on any atom is -0.486 e. The normalized spacial score (nSPS) is 21.3. The second-order valence-electron chi connectivity index (χ2n) is 9.81. The largest absolute Gasteiger partial charge is 0.486 e. The lowest BCUT2D eigenvalue weighted by molar-refractivity contribution is -0.136. The lowest BCUT2D eigenvalue weighted by Gasteiger charge is -2.41. The van der Waals surface area contributed by atoms with E-state index in [9.17, 15) is 24.2 Å². The molecule has 8 heteroatoms. The molecule has 0 aromatic heterocycles. The van der Waals surface area contributed by atoms with Crippen LogP contribution >= 0.6 is 0 Å². The minimum absolute atomic E-state index is 0.0690. The summed E-state index contributed by atoms with van der Waals surface area (Å²) in [5, 5.41) is 23.6. The topological polar surface area (TPSA) is 99.1 Å². The maximum absolute atomic E-state index is 13.9. The Balaban J connectivity index is 1.51. The molecular formula is C31H31FN2O5. The summed E-state index contributed by atoms with van der Waals surface area (Å²) in [5.41, 5.74) is 2.69. The van der Waals surface area contributed by atoms with E-state index in [0.717, 1.165) is 11.1 Å². The first-order chi connectivity index (χ1) is 19.0. The van der Waals surface area contributed by atoms with Gasteiger partial charge in [0, 0.05) is 24.2 Å². The number of aliphatic hydroxyl groups excluding tert-OH is 2. The van der Waals surface area contributed by atoms with Crippen molar-refractivity contribution in [2.75, 3.05) is 19.7 Å². The third-order valence-electron chi connectivity index (χ3n) is 7.29. The van der Waals surface area contributed by atoms with Gasteiger partial charge < -0.3 is 25.2 Å². The summed E-state index contributed by atoms with van der Waals surface area (Å²) in [6.45, 7) is 0.0459. The predicted molar refractivity (Wildman–Crippen MR) is 144 cm³/mol.